The van der Waals surface area contributed by atoms with Crippen molar-refractivity contribution in [3.05, 3.63) is 53.1 Å². The number of amides is 2. The van der Waals surface area contributed by atoms with Gasteiger partial charge in [0.15, 0.2) is 6.61 Å². The molecule has 0 saturated carbocycles. The van der Waals surface area contributed by atoms with Crippen molar-refractivity contribution in [1.82, 2.24) is 0 Å². The fourth-order valence-corrected chi connectivity index (χ4v) is 2.94. The second-order valence-electron chi connectivity index (χ2n) is 7.49. The van der Waals surface area contributed by atoms with Crippen LogP contribution < -0.4 is 15.4 Å². The molecular formula is C24H27ClN2O7. The van der Waals surface area contributed by atoms with Gasteiger partial charge in [-0.2, -0.15) is 0 Å². The number of methoxy groups -OCH3 is 1. The summed E-state index contributed by atoms with van der Waals surface area (Å²) in [6.45, 7) is 3.04. The average molecular weight is 491 g/mol. The van der Waals surface area contributed by atoms with Crippen molar-refractivity contribution in [3.63, 3.8) is 0 Å². The number of nitrogens with one attached hydrogen (secondary N) is 2. The first kappa shape index (κ1) is 26.7. The maximum atomic E-state index is 12.1. The van der Waals surface area contributed by atoms with Crippen molar-refractivity contribution in [1.29, 1.82) is 0 Å². The molecular weight excluding hydrogens is 464 g/mol. The number of anilines is 2. The molecule has 0 aliphatic heterocycles. The number of esters is 2. The first-order valence-corrected chi connectivity index (χ1v) is 11.0. The van der Waals surface area contributed by atoms with Crippen molar-refractivity contribution in [2.45, 2.75) is 39.2 Å². The highest BCUT2D eigenvalue weighted by atomic mass is 35.5. The number of benzene rings is 2. The maximum absolute atomic E-state index is 12.1. The van der Waals surface area contributed by atoms with Gasteiger partial charge in [-0.15, -0.1) is 0 Å². The molecule has 0 aromatic heterocycles. The Balaban J connectivity index is 1.69. The molecule has 0 fully saturated rings. The highest BCUT2D eigenvalue weighted by Crippen LogP contribution is 2.27. The third-order valence-corrected chi connectivity index (χ3v) is 4.57. The van der Waals surface area contributed by atoms with Crippen LogP contribution in [-0.2, 0) is 23.9 Å². The lowest BCUT2D eigenvalue weighted by Gasteiger charge is -2.11. The van der Waals surface area contributed by atoms with Gasteiger partial charge in [-0.3, -0.25) is 14.4 Å². The van der Waals surface area contributed by atoms with E-state index in [4.69, 9.17) is 25.8 Å². The quantitative estimate of drug-likeness (QED) is 0.453. The van der Waals surface area contributed by atoms with E-state index >= 15 is 0 Å². The van der Waals surface area contributed by atoms with Gasteiger partial charge in [-0.25, -0.2) is 4.79 Å². The predicted molar refractivity (Wildman–Crippen MR) is 127 cm³/mol. The molecule has 2 aromatic carbocycles. The Morgan fingerprint density at radius 2 is 1.65 bits per heavy atom. The van der Waals surface area contributed by atoms with Gasteiger partial charge >= 0.3 is 11.9 Å². The topological polar surface area (TPSA) is 120 Å². The zero-order valence-corrected chi connectivity index (χ0v) is 19.9. The zero-order chi connectivity index (χ0) is 25.1. The van der Waals surface area contributed by atoms with Crippen molar-refractivity contribution in [2.75, 3.05) is 24.4 Å². The van der Waals surface area contributed by atoms with Crippen LogP contribution >= 0.6 is 11.6 Å². The van der Waals surface area contributed by atoms with Gasteiger partial charge < -0.3 is 24.8 Å². The second kappa shape index (κ2) is 13.2. The highest BCUT2D eigenvalue weighted by Gasteiger charge is 2.13. The summed E-state index contributed by atoms with van der Waals surface area (Å²) in [6.07, 6.45) is 0.0754. The van der Waals surface area contributed by atoms with Gasteiger partial charge in [0.2, 0.25) is 5.91 Å². The average Bonchev–Trinajstić information content (AvgIpc) is 2.78. The lowest BCUT2D eigenvalue weighted by molar-refractivity contribution is -0.147. The molecule has 0 aliphatic carbocycles. The third kappa shape index (κ3) is 9.11. The number of carbonyl (C=O) groups excluding carboxylic acids is 4. The minimum absolute atomic E-state index is 0.0266. The molecule has 0 unspecified atom stereocenters. The Morgan fingerprint density at radius 3 is 2.29 bits per heavy atom. The SMILES string of the molecule is COc1ccc(Cl)cc1NC(=O)COC(=O)CCCC(=O)Nc1ccc(C(=O)OC(C)C)cc1. The van der Waals surface area contributed by atoms with E-state index < -0.39 is 24.5 Å². The number of halogens is 1. The van der Waals surface area contributed by atoms with Crippen molar-refractivity contribution in [3.8, 4) is 5.75 Å². The van der Waals surface area contributed by atoms with Gasteiger partial charge in [0.1, 0.15) is 5.75 Å². The van der Waals surface area contributed by atoms with E-state index in [9.17, 15) is 19.2 Å². The zero-order valence-electron chi connectivity index (χ0n) is 19.2. The Bertz CT molecular complexity index is 1020. The summed E-state index contributed by atoms with van der Waals surface area (Å²) in [6, 6.07) is 11.0. The van der Waals surface area contributed by atoms with Crippen LogP contribution in [0.4, 0.5) is 11.4 Å². The summed E-state index contributed by atoms with van der Waals surface area (Å²) >= 11 is 5.91. The second-order valence-corrected chi connectivity index (χ2v) is 7.92. The molecule has 34 heavy (non-hydrogen) atoms. The van der Waals surface area contributed by atoms with Gasteiger partial charge in [0, 0.05) is 23.6 Å². The lowest BCUT2D eigenvalue weighted by atomic mass is 10.2. The number of hydrogen-bond donors (Lipinski definition) is 2. The minimum atomic E-state index is -0.603. The molecule has 2 rings (SSSR count). The number of carbonyl (C=O) groups is 4. The molecule has 10 heteroatoms. The molecule has 9 nitrogen and oxygen atoms in total. The van der Waals surface area contributed by atoms with Crippen LogP contribution in [0.25, 0.3) is 0 Å². The lowest BCUT2D eigenvalue weighted by Crippen LogP contribution is -2.21. The first-order chi connectivity index (χ1) is 16.2. The summed E-state index contributed by atoms with van der Waals surface area (Å²) < 4.78 is 15.2. The van der Waals surface area contributed by atoms with E-state index in [0.29, 0.717) is 27.7 Å². The summed E-state index contributed by atoms with van der Waals surface area (Å²) in [5.41, 5.74) is 1.26. The molecule has 0 radical (unpaired) electrons. The van der Waals surface area contributed by atoms with Crippen molar-refractivity contribution >= 4 is 46.7 Å². The Labute approximate surface area is 202 Å². The fraction of sp³-hybridized carbons (Fsp3) is 0.333. The van der Waals surface area contributed by atoms with Gasteiger partial charge in [-0.05, 0) is 62.7 Å². The van der Waals surface area contributed by atoms with E-state index in [1.807, 2.05) is 0 Å². The Hall–Kier alpha value is -3.59. The molecule has 2 N–H and O–H groups in total. The summed E-state index contributed by atoms with van der Waals surface area (Å²) in [4.78, 5) is 47.8. The molecule has 0 aliphatic rings. The third-order valence-electron chi connectivity index (χ3n) is 4.33. The molecule has 0 atom stereocenters. The fourth-order valence-electron chi connectivity index (χ4n) is 2.77. The normalized spacial score (nSPS) is 10.4. The molecule has 2 aromatic rings. The van der Waals surface area contributed by atoms with E-state index in [-0.39, 0.29) is 31.3 Å². The highest BCUT2D eigenvalue weighted by molar-refractivity contribution is 6.31. The first-order valence-electron chi connectivity index (χ1n) is 10.6. The largest absolute Gasteiger partial charge is 0.495 e. The number of hydrogen-bond acceptors (Lipinski definition) is 7. The molecule has 0 heterocycles. The smallest absolute Gasteiger partial charge is 0.338 e. The van der Waals surface area contributed by atoms with Gasteiger partial charge in [0.05, 0.1) is 24.5 Å². The van der Waals surface area contributed by atoms with Crippen LogP contribution in [0.5, 0.6) is 5.75 Å². The van der Waals surface area contributed by atoms with Crippen LogP contribution in [0.2, 0.25) is 5.02 Å². The van der Waals surface area contributed by atoms with Crippen LogP contribution in [0.15, 0.2) is 42.5 Å². The molecule has 182 valence electrons. The number of ether oxygens (including phenoxy) is 3. The summed E-state index contributed by atoms with van der Waals surface area (Å²) in [7, 11) is 1.45. The van der Waals surface area contributed by atoms with Gasteiger partial charge in [-0.1, -0.05) is 11.6 Å². The Morgan fingerprint density at radius 1 is 0.941 bits per heavy atom. The van der Waals surface area contributed by atoms with E-state index in [1.165, 1.54) is 13.2 Å². The summed E-state index contributed by atoms with van der Waals surface area (Å²) in [5, 5.41) is 5.66. The van der Waals surface area contributed by atoms with E-state index in [1.54, 1.807) is 50.2 Å². The van der Waals surface area contributed by atoms with Crippen molar-refractivity contribution in [2.24, 2.45) is 0 Å². The minimum Gasteiger partial charge on any atom is -0.495 e. The molecule has 0 spiro atoms. The van der Waals surface area contributed by atoms with Crippen molar-refractivity contribution < 1.29 is 33.4 Å². The van der Waals surface area contributed by atoms with Gasteiger partial charge in [0.25, 0.3) is 5.91 Å². The van der Waals surface area contributed by atoms with Crippen LogP contribution in [0, 0.1) is 0 Å². The van der Waals surface area contributed by atoms with Crippen LogP contribution in [-0.4, -0.2) is 43.6 Å². The predicted octanol–water partition coefficient (Wildman–Crippen LogP) is 4.20. The number of rotatable bonds is 11. The molecule has 0 bridgehead atoms. The monoisotopic (exact) mass is 490 g/mol. The standard InChI is InChI=1S/C24H27ClN2O7/c1-15(2)34-24(31)16-7-10-18(11-8-16)26-21(28)5-4-6-23(30)33-14-22(29)27-19-13-17(25)9-12-20(19)32-3/h7-13,15H,4-6,14H2,1-3H3,(H,26,28)(H,27,29). The Kier molecular flexibility index (Phi) is 10.3. The van der Waals surface area contributed by atoms with Crippen LogP contribution in [0.1, 0.15) is 43.5 Å². The van der Waals surface area contributed by atoms with E-state index in [0.717, 1.165) is 0 Å². The molecule has 0 saturated heterocycles. The maximum Gasteiger partial charge on any atom is 0.338 e. The summed E-state index contributed by atoms with van der Waals surface area (Å²) in [5.74, 6) is -1.47. The van der Waals surface area contributed by atoms with E-state index in [2.05, 4.69) is 10.6 Å². The van der Waals surface area contributed by atoms with Crippen LogP contribution in [0.3, 0.4) is 0 Å². The molecule has 2 amide bonds.